The molecule has 0 aromatic carbocycles. The summed E-state index contributed by atoms with van der Waals surface area (Å²) in [7, 11) is 0. The number of aromatic nitrogens is 1. The highest BCUT2D eigenvalue weighted by molar-refractivity contribution is 5.75. The molecule has 0 radical (unpaired) electrons. The number of rotatable bonds is 4. The van der Waals surface area contributed by atoms with E-state index in [2.05, 4.69) is 0 Å². The molecule has 1 rings (SSSR count). The summed E-state index contributed by atoms with van der Waals surface area (Å²) in [6.45, 7) is 1.12. The van der Waals surface area contributed by atoms with Gasteiger partial charge in [0.2, 0.25) is 0 Å². The van der Waals surface area contributed by atoms with E-state index in [0.717, 1.165) is 0 Å². The SMILES string of the molecule is CC(C(=O)O)c1ccn(CC(F)F)c1. The quantitative estimate of drug-likeness (QED) is 0.812. The molecule has 78 valence electrons. The number of aliphatic carboxylic acids is 1. The molecular weight excluding hydrogens is 192 g/mol. The summed E-state index contributed by atoms with van der Waals surface area (Å²) in [5.41, 5.74) is 0.540. The van der Waals surface area contributed by atoms with E-state index in [1.807, 2.05) is 0 Å². The highest BCUT2D eigenvalue weighted by Crippen LogP contribution is 2.16. The van der Waals surface area contributed by atoms with Crippen molar-refractivity contribution in [3.63, 3.8) is 0 Å². The smallest absolute Gasteiger partial charge is 0.310 e. The lowest BCUT2D eigenvalue weighted by Crippen LogP contribution is -2.07. The van der Waals surface area contributed by atoms with E-state index in [-0.39, 0.29) is 0 Å². The first kappa shape index (κ1) is 10.7. The highest BCUT2D eigenvalue weighted by atomic mass is 19.3. The fraction of sp³-hybridized carbons (Fsp3) is 0.444. The number of hydrogen-bond donors (Lipinski definition) is 1. The zero-order valence-corrected chi connectivity index (χ0v) is 7.65. The van der Waals surface area contributed by atoms with Gasteiger partial charge in [0, 0.05) is 12.4 Å². The Hall–Kier alpha value is -1.39. The first-order valence-corrected chi connectivity index (χ1v) is 4.17. The minimum absolute atomic E-state index is 0.396. The van der Waals surface area contributed by atoms with Crippen LogP contribution in [0.5, 0.6) is 0 Å². The molecule has 0 bridgehead atoms. The summed E-state index contributed by atoms with van der Waals surface area (Å²) in [5.74, 6) is -1.62. The Morgan fingerprint density at radius 1 is 1.64 bits per heavy atom. The van der Waals surface area contributed by atoms with Gasteiger partial charge in [-0.2, -0.15) is 0 Å². The van der Waals surface area contributed by atoms with Gasteiger partial charge in [0.25, 0.3) is 6.43 Å². The minimum atomic E-state index is -2.42. The molecule has 1 atom stereocenters. The van der Waals surface area contributed by atoms with Crippen molar-refractivity contribution in [2.75, 3.05) is 0 Å². The predicted molar refractivity (Wildman–Crippen MR) is 46.5 cm³/mol. The van der Waals surface area contributed by atoms with E-state index in [0.29, 0.717) is 5.56 Å². The third kappa shape index (κ3) is 2.55. The highest BCUT2D eigenvalue weighted by Gasteiger charge is 2.15. The summed E-state index contributed by atoms with van der Waals surface area (Å²) >= 11 is 0. The second kappa shape index (κ2) is 4.21. The van der Waals surface area contributed by atoms with Crippen molar-refractivity contribution in [2.24, 2.45) is 0 Å². The topological polar surface area (TPSA) is 42.2 Å². The molecule has 0 spiro atoms. The van der Waals surface area contributed by atoms with Crippen LogP contribution in [0.3, 0.4) is 0 Å². The monoisotopic (exact) mass is 203 g/mol. The maximum Gasteiger partial charge on any atom is 0.310 e. The van der Waals surface area contributed by atoms with E-state index in [9.17, 15) is 13.6 Å². The van der Waals surface area contributed by atoms with Crippen molar-refractivity contribution in [1.82, 2.24) is 4.57 Å². The van der Waals surface area contributed by atoms with Crippen LogP contribution in [-0.4, -0.2) is 22.1 Å². The van der Waals surface area contributed by atoms with Gasteiger partial charge in [-0.15, -0.1) is 0 Å². The van der Waals surface area contributed by atoms with E-state index in [1.165, 1.54) is 23.9 Å². The number of carbonyl (C=O) groups is 1. The average molecular weight is 203 g/mol. The van der Waals surface area contributed by atoms with Crippen LogP contribution < -0.4 is 0 Å². The summed E-state index contributed by atoms with van der Waals surface area (Å²) in [6.07, 6.45) is 0.474. The number of carboxylic acid groups (broad SMARTS) is 1. The zero-order valence-electron chi connectivity index (χ0n) is 7.65. The average Bonchev–Trinajstić information content (AvgIpc) is 2.50. The third-order valence-corrected chi connectivity index (χ3v) is 1.99. The van der Waals surface area contributed by atoms with Crippen molar-refractivity contribution in [3.8, 4) is 0 Å². The molecule has 0 aliphatic rings. The molecule has 0 saturated heterocycles. The lowest BCUT2D eigenvalue weighted by molar-refractivity contribution is -0.138. The van der Waals surface area contributed by atoms with Gasteiger partial charge in [-0.3, -0.25) is 4.79 Å². The van der Waals surface area contributed by atoms with E-state index < -0.39 is 24.9 Å². The van der Waals surface area contributed by atoms with Crippen LogP contribution in [0.4, 0.5) is 8.78 Å². The second-order valence-corrected chi connectivity index (χ2v) is 3.09. The van der Waals surface area contributed by atoms with Crippen molar-refractivity contribution in [2.45, 2.75) is 25.8 Å². The maximum atomic E-state index is 12.0. The molecule has 0 aliphatic heterocycles. The van der Waals surface area contributed by atoms with E-state index >= 15 is 0 Å². The van der Waals surface area contributed by atoms with Crippen LogP contribution in [0, 0.1) is 0 Å². The number of halogens is 2. The first-order chi connectivity index (χ1) is 6.50. The van der Waals surface area contributed by atoms with Crippen LogP contribution in [0.1, 0.15) is 18.4 Å². The van der Waals surface area contributed by atoms with Gasteiger partial charge in [0.15, 0.2) is 0 Å². The maximum absolute atomic E-state index is 12.0. The summed E-state index contributed by atoms with van der Waals surface area (Å²) in [6, 6.07) is 1.54. The first-order valence-electron chi connectivity index (χ1n) is 4.17. The van der Waals surface area contributed by atoms with Crippen LogP contribution >= 0.6 is 0 Å². The van der Waals surface area contributed by atoms with Crippen molar-refractivity contribution in [3.05, 3.63) is 24.0 Å². The van der Waals surface area contributed by atoms with Crippen molar-refractivity contribution in [1.29, 1.82) is 0 Å². The molecule has 1 aromatic rings. The Morgan fingerprint density at radius 2 is 2.29 bits per heavy atom. The molecule has 3 nitrogen and oxygen atoms in total. The Labute approximate surface area is 80.0 Å². The molecular formula is C9H11F2NO2. The minimum Gasteiger partial charge on any atom is -0.481 e. The van der Waals surface area contributed by atoms with Gasteiger partial charge < -0.3 is 9.67 Å². The fourth-order valence-electron chi connectivity index (χ4n) is 1.13. The summed E-state index contributed by atoms with van der Waals surface area (Å²) in [4.78, 5) is 10.6. The summed E-state index contributed by atoms with van der Waals surface area (Å²) in [5, 5.41) is 8.67. The molecule has 0 fully saturated rings. The van der Waals surface area contributed by atoms with Crippen molar-refractivity contribution < 1.29 is 18.7 Å². The van der Waals surface area contributed by atoms with E-state index in [4.69, 9.17) is 5.11 Å². The number of nitrogens with zero attached hydrogens (tertiary/aromatic N) is 1. The Morgan fingerprint density at radius 3 is 2.79 bits per heavy atom. The van der Waals surface area contributed by atoms with Crippen LogP contribution in [0.2, 0.25) is 0 Å². The Balaban J connectivity index is 2.72. The fourth-order valence-corrected chi connectivity index (χ4v) is 1.13. The van der Waals surface area contributed by atoms with Gasteiger partial charge in [0.05, 0.1) is 12.5 Å². The van der Waals surface area contributed by atoms with Gasteiger partial charge in [-0.1, -0.05) is 0 Å². The molecule has 5 heteroatoms. The molecule has 1 heterocycles. The molecule has 14 heavy (non-hydrogen) atoms. The van der Waals surface area contributed by atoms with Crippen molar-refractivity contribution >= 4 is 5.97 Å². The van der Waals surface area contributed by atoms with Crippen LogP contribution in [0.15, 0.2) is 18.5 Å². The molecule has 0 amide bonds. The number of carboxylic acids is 1. The molecule has 0 saturated carbocycles. The lowest BCUT2D eigenvalue weighted by atomic mass is 10.1. The number of alkyl halides is 2. The standard InChI is InChI=1S/C9H11F2NO2/c1-6(9(13)14)7-2-3-12(4-7)5-8(10)11/h2-4,6,8H,5H2,1H3,(H,13,14). The van der Waals surface area contributed by atoms with Crippen LogP contribution in [-0.2, 0) is 11.3 Å². The Kier molecular flexibility index (Phi) is 3.22. The van der Waals surface area contributed by atoms with Crippen LogP contribution in [0.25, 0.3) is 0 Å². The Bertz CT molecular complexity index is 322. The third-order valence-electron chi connectivity index (χ3n) is 1.99. The van der Waals surface area contributed by atoms with Gasteiger partial charge >= 0.3 is 5.97 Å². The summed E-state index contributed by atoms with van der Waals surface area (Å²) < 4.78 is 25.2. The van der Waals surface area contributed by atoms with Gasteiger partial charge in [0.1, 0.15) is 0 Å². The molecule has 1 unspecified atom stereocenters. The predicted octanol–water partition coefficient (Wildman–Crippen LogP) is 1.94. The largest absolute Gasteiger partial charge is 0.481 e. The van der Waals surface area contributed by atoms with Gasteiger partial charge in [-0.25, -0.2) is 8.78 Å². The van der Waals surface area contributed by atoms with Gasteiger partial charge in [-0.05, 0) is 18.6 Å². The normalized spacial score (nSPS) is 13.1. The molecule has 0 aliphatic carbocycles. The lowest BCUT2D eigenvalue weighted by Gasteiger charge is -2.03. The molecule has 1 aromatic heterocycles. The number of hydrogen-bond acceptors (Lipinski definition) is 1. The second-order valence-electron chi connectivity index (χ2n) is 3.09. The van der Waals surface area contributed by atoms with E-state index in [1.54, 1.807) is 6.07 Å². The molecule has 1 N–H and O–H groups in total. The zero-order chi connectivity index (χ0) is 10.7.